The molecule has 2 amide bonds. The Morgan fingerprint density at radius 1 is 1.15 bits per heavy atom. The number of fused-ring (bicyclic) bond motifs is 1. The van der Waals surface area contributed by atoms with Crippen molar-refractivity contribution in [1.82, 2.24) is 20.2 Å². The van der Waals surface area contributed by atoms with Crippen molar-refractivity contribution in [3.05, 3.63) is 75.3 Å². The van der Waals surface area contributed by atoms with E-state index in [1.165, 1.54) is 4.90 Å². The molecule has 0 radical (unpaired) electrons. The largest absolute Gasteiger partial charge is 0.343 e. The maximum atomic E-state index is 12.3. The van der Waals surface area contributed by atoms with Gasteiger partial charge >= 0.3 is 0 Å². The summed E-state index contributed by atoms with van der Waals surface area (Å²) in [6, 6.07) is 13.3. The van der Waals surface area contributed by atoms with Crippen molar-refractivity contribution in [1.29, 1.82) is 0 Å². The van der Waals surface area contributed by atoms with Gasteiger partial charge in [0.05, 0.1) is 24.0 Å². The molecule has 0 spiro atoms. The fraction of sp³-hybridized carbons (Fsp3) is 0.158. The number of para-hydroxylation sites is 1. The first-order valence-corrected chi connectivity index (χ1v) is 8.57. The molecule has 1 heterocycles. The van der Waals surface area contributed by atoms with Gasteiger partial charge in [-0.1, -0.05) is 23.7 Å². The summed E-state index contributed by atoms with van der Waals surface area (Å²) in [5, 5.41) is 3.58. The molecule has 0 aliphatic carbocycles. The third-order valence-electron chi connectivity index (χ3n) is 3.98. The molecule has 2 aromatic carbocycles. The molecule has 7 nitrogen and oxygen atoms in total. The number of hydrogen-bond donors (Lipinski definition) is 2. The van der Waals surface area contributed by atoms with Gasteiger partial charge in [-0.25, -0.2) is 4.98 Å². The van der Waals surface area contributed by atoms with E-state index in [1.807, 2.05) is 0 Å². The van der Waals surface area contributed by atoms with Crippen LogP contribution in [0.4, 0.5) is 0 Å². The zero-order chi connectivity index (χ0) is 19.4. The summed E-state index contributed by atoms with van der Waals surface area (Å²) in [6.07, 6.45) is 0. The number of aromatic amines is 1. The molecular formula is C19H17ClN4O3. The van der Waals surface area contributed by atoms with E-state index in [4.69, 9.17) is 11.6 Å². The molecule has 0 saturated heterocycles. The number of halogens is 1. The summed E-state index contributed by atoms with van der Waals surface area (Å²) in [5.41, 5.74) is 0.719. The number of nitrogens with zero attached hydrogens (tertiary/aromatic N) is 2. The number of likely N-dealkylation sites (N-methyl/N-ethyl adjacent to an activating group) is 1. The van der Waals surface area contributed by atoms with E-state index < -0.39 is 0 Å². The maximum absolute atomic E-state index is 12.3. The fourth-order valence-electron chi connectivity index (χ4n) is 2.52. The molecule has 0 bridgehead atoms. The second kappa shape index (κ2) is 8.01. The zero-order valence-corrected chi connectivity index (χ0v) is 15.3. The number of hydrogen-bond acceptors (Lipinski definition) is 4. The Bertz CT molecular complexity index is 1050. The number of aromatic nitrogens is 2. The average Bonchev–Trinajstić information content (AvgIpc) is 2.66. The zero-order valence-electron chi connectivity index (χ0n) is 14.5. The van der Waals surface area contributed by atoms with Gasteiger partial charge < -0.3 is 15.2 Å². The second-order valence-corrected chi connectivity index (χ2v) is 6.41. The van der Waals surface area contributed by atoms with Crippen LogP contribution in [0.1, 0.15) is 16.2 Å². The topological polar surface area (TPSA) is 95.2 Å². The molecule has 0 aliphatic rings. The minimum Gasteiger partial charge on any atom is -0.343 e. The highest BCUT2D eigenvalue weighted by Crippen LogP contribution is 2.09. The number of carbonyl (C=O) groups excluding carboxylic acids is 2. The van der Waals surface area contributed by atoms with Crippen LogP contribution in [0.5, 0.6) is 0 Å². The minimum atomic E-state index is -0.370. The van der Waals surface area contributed by atoms with Crippen molar-refractivity contribution >= 4 is 34.3 Å². The third-order valence-corrected chi connectivity index (χ3v) is 4.23. The van der Waals surface area contributed by atoms with E-state index in [2.05, 4.69) is 15.3 Å². The standard InChI is InChI=1S/C19H17ClN4O3/c1-24(11-16-22-15-5-3-2-4-14(15)19(27)23-16)17(25)10-21-18(26)12-6-8-13(20)9-7-12/h2-9H,10-11H2,1H3,(H,21,26)(H,22,23,27). The van der Waals surface area contributed by atoms with Crippen molar-refractivity contribution in [2.24, 2.45) is 0 Å². The van der Waals surface area contributed by atoms with Crippen LogP contribution in [0.25, 0.3) is 10.9 Å². The number of H-pyrrole nitrogens is 1. The Hall–Kier alpha value is -3.19. The van der Waals surface area contributed by atoms with Crippen LogP contribution in [0, 0.1) is 0 Å². The summed E-state index contributed by atoms with van der Waals surface area (Å²) < 4.78 is 0. The molecule has 0 aliphatic heterocycles. The van der Waals surface area contributed by atoms with Crippen LogP contribution in [0.3, 0.4) is 0 Å². The maximum Gasteiger partial charge on any atom is 0.258 e. The lowest BCUT2D eigenvalue weighted by atomic mass is 10.2. The Morgan fingerprint density at radius 2 is 1.85 bits per heavy atom. The predicted molar refractivity (Wildman–Crippen MR) is 103 cm³/mol. The third kappa shape index (κ3) is 4.51. The molecule has 3 rings (SSSR count). The fourth-order valence-corrected chi connectivity index (χ4v) is 2.64. The van der Waals surface area contributed by atoms with E-state index in [-0.39, 0.29) is 30.5 Å². The molecule has 8 heteroatoms. The molecule has 1 aromatic heterocycles. The molecule has 0 unspecified atom stereocenters. The second-order valence-electron chi connectivity index (χ2n) is 5.97. The number of carbonyl (C=O) groups is 2. The van der Waals surface area contributed by atoms with Gasteiger partial charge in [0.1, 0.15) is 5.82 Å². The number of rotatable bonds is 5. The first-order chi connectivity index (χ1) is 12.9. The van der Waals surface area contributed by atoms with Gasteiger partial charge in [0, 0.05) is 17.6 Å². The SMILES string of the molecule is CN(Cc1nc2ccccc2c(=O)[nH]1)C(=O)CNC(=O)c1ccc(Cl)cc1. The van der Waals surface area contributed by atoms with Gasteiger partial charge in [-0.05, 0) is 36.4 Å². The quantitative estimate of drug-likeness (QED) is 0.703. The van der Waals surface area contributed by atoms with Crippen molar-refractivity contribution in [2.45, 2.75) is 6.54 Å². The predicted octanol–water partition coefficient (Wildman–Crippen LogP) is 1.96. The van der Waals surface area contributed by atoms with Crippen LogP contribution in [-0.4, -0.2) is 40.3 Å². The number of amides is 2. The van der Waals surface area contributed by atoms with Crippen molar-refractivity contribution in [2.75, 3.05) is 13.6 Å². The highest BCUT2D eigenvalue weighted by Gasteiger charge is 2.14. The van der Waals surface area contributed by atoms with Gasteiger partial charge in [-0.3, -0.25) is 14.4 Å². The minimum absolute atomic E-state index is 0.121. The van der Waals surface area contributed by atoms with Gasteiger partial charge in [-0.15, -0.1) is 0 Å². The highest BCUT2D eigenvalue weighted by atomic mass is 35.5. The first kappa shape index (κ1) is 18.6. The van der Waals surface area contributed by atoms with Crippen LogP contribution in [0.15, 0.2) is 53.3 Å². The van der Waals surface area contributed by atoms with Crippen molar-refractivity contribution in [3.8, 4) is 0 Å². The Morgan fingerprint density at radius 3 is 2.59 bits per heavy atom. The number of nitrogens with one attached hydrogen (secondary N) is 2. The van der Waals surface area contributed by atoms with E-state index >= 15 is 0 Å². The van der Waals surface area contributed by atoms with Gasteiger partial charge in [-0.2, -0.15) is 0 Å². The first-order valence-electron chi connectivity index (χ1n) is 8.19. The lowest BCUT2D eigenvalue weighted by Gasteiger charge is -2.17. The van der Waals surface area contributed by atoms with Crippen LogP contribution < -0.4 is 10.9 Å². The average molecular weight is 385 g/mol. The summed E-state index contributed by atoms with van der Waals surface area (Å²) in [5.74, 6) is -0.308. The van der Waals surface area contributed by atoms with Crippen LogP contribution >= 0.6 is 11.6 Å². The molecule has 0 saturated carbocycles. The molecule has 3 aromatic rings. The van der Waals surface area contributed by atoms with Crippen molar-refractivity contribution in [3.63, 3.8) is 0 Å². The molecule has 0 fully saturated rings. The summed E-state index contributed by atoms with van der Waals surface area (Å²) in [7, 11) is 1.58. The summed E-state index contributed by atoms with van der Waals surface area (Å²) in [4.78, 5) is 44.8. The Balaban J connectivity index is 1.61. The van der Waals surface area contributed by atoms with Gasteiger partial charge in [0.2, 0.25) is 5.91 Å². The van der Waals surface area contributed by atoms with Gasteiger partial charge in [0.15, 0.2) is 0 Å². The Labute approximate surface area is 160 Å². The van der Waals surface area contributed by atoms with Gasteiger partial charge in [0.25, 0.3) is 11.5 Å². The van der Waals surface area contributed by atoms with E-state index in [0.29, 0.717) is 27.3 Å². The molecule has 27 heavy (non-hydrogen) atoms. The molecule has 2 N–H and O–H groups in total. The van der Waals surface area contributed by atoms with E-state index in [9.17, 15) is 14.4 Å². The lowest BCUT2D eigenvalue weighted by molar-refractivity contribution is -0.129. The Kier molecular flexibility index (Phi) is 5.52. The van der Waals surface area contributed by atoms with Crippen LogP contribution in [0.2, 0.25) is 5.02 Å². The number of benzene rings is 2. The highest BCUT2D eigenvalue weighted by molar-refractivity contribution is 6.30. The smallest absolute Gasteiger partial charge is 0.258 e. The van der Waals surface area contributed by atoms with E-state index in [1.54, 1.807) is 55.6 Å². The normalized spacial score (nSPS) is 10.6. The molecule has 0 atom stereocenters. The van der Waals surface area contributed by atoms with E-state index in [0.717, 1.165) is 0 Å². The lowest BCUT2D eigenvalue weighted by Crippen LogP contribution is -2.38. The molecule has 138 valence electrons. The van der Waals surface area contributed by atoms with Crippen molar-refractivity contribution < 1.29 is 9.59 Å². The molecular weight excluding hydrogens is 368 g/mol. The van der Waals surface area contributed by atoms with Crippen LogP contribution in [-0.2, 0) is 11.3 Å². The monoisotopic (exact) mass is 384 g/mol. The summed E-state index contributed by atoms with van der Waals surface area (Å²) >= 11 is 5.79. The summed E-state index contributed by atoms with van der Waals surface area (Å²) in [6.45, 7) is -0.0501.